The number of phenols is 2. The number of ketones is 3. The van der Waals surface area contributed by atoms with Crippen LogP contribution in [-0.4, -0.2) is 78.9 Å². The number of carboxylic acids is 1. The third kappa shape index (κ3) is 3.17. The Labute approximate surface area is 194 Å². The van der Waals surface area contributed by atoms with E-state index >= 15 is 0 Å². The van der Waals surface area contributed by atoms with Crippen LogP contribution in [0.2, 0.25) is 0 Å². The molecule has 0 amide bonds. The lowest BCUT2D eigenvalue weighted by atomic mass is 9.77. The SMILES string of the molecule is Cc1c(C(=O)O)c(O)cc2c1C(=O)c1c([O-])c([C@@H]3O[C@H](CO)[C@@H](O)C(=O)[C@H]3O)c([O-])c(O)c1C2=O. The van der Waals surface area contributed by atoms with Gasteiger partial charge in [-0.3, -0.25) is 14.4 Å². The molecule has 13 heteroatoms. The summed E-state index contributed by atoms with van der Waals surface area (Å²) in [4.78, 5) is 50.1. The van der Waals surface area contributed by atoms with Crippen LogP contribution in [0.25, 0.3) is 0 Å². The molecule has 1 fully saturated rings. The van der Waals surface area contributed by atoms with Gasteiger partial charge in [0, 0.05) is 16.7 Å². The van der Waals surface area contributed by atoms with E-state index in [2.05, 4.69) is 0 Å². The molecule has 0 unspecified atom stereocenters. The quantitative estimate of drug-likeness (QED) is 0.228. The number of aromatic hydroxyl groups is 2. The highest BCUT2D eigenvalue weighted by Gasteiger charge is 2.46. The normalized spacial score (nSPS) is 23.7. The van der Waals surface area contributed by atoms with Gasteiger partial charge in [0.1, 0.15) is 41.5 Å². The molecule has 6 N–H and O–H groups in total. The molecule has 13 nitrogen and oxygen atoms in total. The fraction of sp³-hybridized carbons (Fsp3) is 0.273. The molecule has 0 aromatic heterocycles. The summed E-state index contributed by atoms with van der Waals surface area (Å²) in [5.74, 6) is -10.7. The monoisotopic (exact) mass is 488 g/mol. The van der Waals surface area contributed by atoms with E-state index in [9.17, 15) is 60.0 Å². The zero-order valence-corrected chi connectivity index (χ0v) is 17.6. The number of Topliss-reactive ketones (excluding diaryl/α,β-unsaturated/α-hetero) is 1. The van der Waals surface area contributed by atoms with Crippen molar-refractivity contribution in [2.45, 2.75) is 31.3 Å². The molecule has 0 bridgehead atoms. The second kappa shape index (κ2) is 8.02. The van der Waals surface area contributed by atoms with Gasteiger partial charge in [-0.2, -0.15) is 0 Å². The molecule has 0 saturated carbocycles. The fourth-order valence-electron chi connectivity index (χ4n) is 4.42. The van der Waals surface area contributed by atoms with Gasteiger partial charge in [0.15, 0.2) is 17.3 Å². The number of aliphatic hydroxyl groups excluding tert-OH is 3. The summed E-state index contributed by atoms with van der Waals surface area (Å²) in [6.07, 6.45) is -8.07. The Balaban J connectivity index is 2.00. The number of carbonyl (C=O) groups is 4. The van der Waals surface area contributed by atoms with Crippen molar-refractivity contribution in [1.82, 2.24) is 0 Å². The van der Waals surface area contributed by atoms with Crippen LogP contribution >= 0.6 is 0 Å². The summed E-state index contributed by atoms with van der Waals surface area (Å²) >= 11 is 0. The molecule has 2 aromatic carbocycles. The minimum absolute atomic E-state index is 0.365. The van der Waals surface area contributed by atoms with Crippen LogP contribution in [0.15, 0.2) is 6.07 Å². The van der Waals surface area contributed by atoms with E-state index in [0.717, 1.165) is 6.92 Å². The molecule has 2 aliphatic rings. The van der Waals surface area contributed by atoms with Crippen LogP contribution < -0.4 is 10.2 Å². The van der Waals surface area contributed by atoms with Gasteiger partial charge in [0.05, 0.1) is 12.2 Å². The van der Waals surface area contributed by atoms with Crippen LogP contribution in [0.3, 0.4) is 0 Å². The highest BCUT2D eigenvalue weighted by atomic mass is 16.5. The number of carboxylic acid groups (broad SMARTS) is 1. The number of hydrogen-bond acceptors (Lipinski definition) is 12. The highest BCUT2D eigenvalue weighted by Crippen LogP contribution is 2.49. The maximum Gasteiger partial charge on any atom is 0.339 e. The van der Waals surface area contributed by atoms with E-state index in [-0.39, 0.29) is 5.56 Å². The zero-order chi connectivity index (χ0) is 26.1. The minimum Gasteiger partial charge on any atom is -0.872 e. The highest BCUT2D eigenvalue weighted by molar-refractivity contribution is 6.31. The predicted molar refractivity (Wildman–Crippen MR) is 105 cm³/mol. The number of benzene rings is 2. The first-order valence-corrected chi connectivity index (χ1v) is 9.97. The Hall–Kier alpha value is -4.04. The maximum absolute atomic E-state index is 13.3. The first-order chi connectivity index (χ1) is 16.3. The molecule has 1 aliphatic heterocycles. The average molecular weight is 488 g/mol. The maximum atomic E-state index is 13.3. The number of ether oxygens (including phenoxy) is 1. The predicted octanol–water partition coefficient (Wildman–Crippen LogP) is -2.25. The average Bonchev–Trinajstić information content (AvgIpc) is 2.79. The first-order valence-electron chi connectivity index (χ1n) is 9.97. The molecule has 1 aliphatic carbocycles. The molecule has 2 aromatic rings. The van der Waals surface area contributed by atoms with Gasteiger partial charge >= 0.3 is 5.97 Å². The Bertz CT molecular complexity index is 1340. The number of phenolic OH excluding ortho intramolecular Hbond substituents is 1. The van der Waals surface area contributed by atoms with E-state index in [1.165, 1.54) is 0 Å². The van der Waals surface area contributed by atoms with E-state index < -0.39 is 111 Å². The Morgan fingerprint density at radius 2 is 1.63 bits per heavy atom. The number of aromatic carboxylic acids is 1. The van der Waals surface area contributed by atoms with Crippen LogP contribution in [0.5, 0.6) is 23.0 Å². The topological polar surface area (TPSA) is 245 Å². The van der Waals surface area contributed by atoms with Crippen molar-refractivity contribution in [2.75, 3.05) is 6.61 Å². The van der Waals surface area contributed by atoms with Gasteiger partial charge in [-0.05, 0) is 24.1 Å². The molecule has 0 radical (unpaired) electrons. The molecule has 4 rings (SSSR count). The lowest BCUT2D eigenvalue weighted by molar-refractivity contribution is -0.289. The van der Waals surface area contributed by atoms with Crippen LogP contribution in [-0.2, 0) is 9.53 Å². The van der Waals surface area contributed by atoms with Gasteiger partial charge in [-0.15, -0.1) is 0 Å². The van der Waals surface area contributed by atoms with Crippen LogP contribution in [0.1, 0.15) is 59.4 Å². The number of rotatable bonds is 3. The molecule has 1 heterocycles. The standard InChI is InChI=1S/C22H18O13/c1-4-8-5(2-6(24)9(4)22(33)34)13(25)10-11(15(8)27)16(28)12(18(30)17(10)29)21-20(32)19(31)14(26)7(3-23)35-21/h2,7,14,20-21,23-24,26,28-30,32H,3H2,1H3,(H,33,34)/p-2/t7-,14-,20-,21+/m1/s1. The van der Waals surface area contributed by atoms with Crippen molar-refractivity contribution in [2.24, 2.45) is 0 Å². The molecule has 0 spiro atoms. The van der Waals surface area contributed by atoms with E-state index in [0.29, 0.717) is 6.07 Å². The Morgan fingerprint density at radius 1 is 1.00 bits per heavy atom. The first kappa shape index (κ1) is 24.1. The summed E-state index contributed by atoms with van der Waals surface area (Å²) in [5.41, 5.74) is -5.35. The molecule has 4 atom stereocenters. The molecular formula is C22H16O13-2. The fourth-order valence-corrected chi connectivity index (χ4v) is 4.42. The largest absolute Gasteiger partial charge is 0.872 e. The van der Waals surface area contributed by atoms with E-state index in [1.54, 1.807) is 0 Å². The summed E-state index contributed by atoms with van der Waals surface area (Å²) in [6.45, 7) is 0.145. The summed E-state index contributed by atoms with van der Waals surface area (Å²) in [7, 11) is 0. The van der Waals surface area contributed by atoms with Crippen molar-refractivity contribution < 1.29 is 64.8 Å². The second-order valence-corrected chi connectivity index (χ2v) is 8.02. The third-order valence-corrected chi connectivity index (χ3v) is 6.12. The second-order valence-electron chi connectivity index (χ2n) is 8.02. The Morgan fingerprint density at radius 3 is 2.20 bits per heavy atom. The number of fused-ring (bicyclic) bond motifs is 2. The van der Waals surface area contributed by atoms with Crippen molar-refractivity contribution in [3.05, 3.63) is 45.0 Å². The molecular weight excluding hydrogens is 472 g/mol. The number of hydrogen-bond donors (Lipinski definition) is 6. The van der Waals surface area contributed by atoms with E-state index in [1.807, 2.05) is 0 Å². The van der Waals surface area contributed by atoms with Crippen molar-refractivity contribution in [3.8, 4) is 23.0 Å². The Kier molecular flexibility index (Phi) is 5.52. The van der Waals surface area contributed by atoms with Crippen LogP contribution in [0.4, 0.5) is 0 Å². The van der Waals surface area contributed by atoms with Crippen LogP contribution in [0, 0.1) is 6.92 Å². The smallest absolute Gasteiger partial charge is 0.339 e. The summed E-state index contributed by atoms with van der Waals surface area (Å²) in [5, 5.41) is 85.4. The molecule has 1 saturated heterocycles. The third-order valence-electron chi connectivity index (χ3n) is 6.12. The van der Waals surface area contributed by atoms with Crippen molar-refractivity contribution in [3.63, 3.8) is 0 Å². The summed E-state index contributed by atoms with van der Waals surface area (Å²) in [6, 6.07) is 0.664. The lowest BCUT2D eigenvalue weighted by Crippen LogP contribution is -2.52. The zero-order valence-electron chi connectivity index (χ0n) is 17.6. The number of carbonyl (C=O) groups excluding carboxylic acids is 3. The van der Waals surface area contributed by atoms with Gasteiger partial charge in [-0.1, -0.05) is 11.5 Å². The van der Waals surface area contributed by atoms with E-state index in [4.69, 9.17) is 4.74 Å². The number of aliphatic hydroxyl groups is 3. The van der Waals surface area contributed by atoms with Gasteiger partial charge in [0.2, 0.25) is 0 Å². The molecule has 184 valence electrons. The van der Waals surface area contributed by atoms with Gasteiger partial charge in [0.25, 0.3) is 0 Å². The summed E-state index contributed by atoms with van der Waals surface area (Å²) < 4.78 is 5.16. The lowest BCUT2D eigenvalue weighted by Gasteiger charge is -2.40. The van der Waals surface area contributed by atoms with Gasteiger partial charge in [-0.25, -0.2) is 4.79 Å². The van der Waals surface area contributed by atoms with Gasteiger partial charge < -0.3 is 45.6 Å². The van der Waals surface area contributed by atoms with Crippen molar-refractivity contribution in [1.29, 1.82) is 0 Å². The molecule has 35 heavy (non-hydrogen) atoms. The van der Waals surface area contributed by atoms with Crippen molar-refractivity contribution >= 4 is 23.3 Å². The minimum atomic E-state index is -2.30.